The topological polar surface area (TPSA) is 6.25 Å². The van der Waals surface area contributed by atoms with Crippen LogP contribution in [-0.4, -0.2) is 46.9 Å². The molecule has 2 aliphatic heterocycles. The van der Waals surface area contributed by atoms with Gasteiger partial charge in [-0.25, -0.2) is 4.58 Å². The zero-order chi connectivity index (χ0) is 9.59. The van der Waals surface area contributed by atoms with Crippen molar-refractivity contribution < 1.29 is 4.58 Å². The summed E-state index contributed by atoms with van der Waals surface area (Å²) in [5.74, 6) is 0. The van der Waals surface area contributed by atoms with E-state index in [1.807, 2.05) is 0 Å². The zero-order valence-corrected chi connectivity index (χ0v) is 9.25. The van der Waals surface area contributed by atoms with Crippen molar-refractivity contribution in [3.8, 4) is 0 Å². The Bertz CT molecular complexity index is 242. The van der Waals surface area contributed by atoms with Gasteiger partial charge in [0.25, 0.3) is 0 Å². The molecule has 0 aromatic rings. The van der Waals surface area contributed by atoms with Crippen LogP contribution in [0.5, 0.6) is 0 Å². The van der Waals surface area contributed by atoms with E-state index in [2.05, 4.69) is 37.3 Å². The fraction of sp³-hybridized carbons (Fsp3) is 0.909. The van der Waals surface area contributed by atoms with Crippen LogP contribution in [-0.2, 0) is 0 Å². The molecule has 2 heteroatoms. The van der Waals surface area contributed by atoms with Crippen LogP contribution in [0.4, 0.5) is 0 Å². The molecule has 1 saturated heterocycles. The summed E-state index contributed by atoms with van der Waals surface area (Å²) in [6.07, 6.45) is 2.76. The fourth-order valence-electron chi connectivity index (χ4n) is 2.92. The first kappa shape index (κ1) is 9.20. The zero-order valence-electron chi connectivity index (χ0n) is 9.25. The molecule has 2 bridgehead atoms. The van der Waals surface area contributed by atoms with Crippen LogP contribution < -0.4 is 0 Å². The third-order valence-corrected chi connectivity index (χ3v) is 3.81. The Balaban J connectivity index is 2.30. The molecular weight excluding hydrogens is 160 g/mol. The van der Waals surface area contributed by atoms with E-state index in [-0.39, 0.29) is 0 Å². The fourth-order valence-corrected chi connectivity index (χ4v) is 2.92. The number of hydrogen-bond donors (Lipinski definition) is 0. The Labute approximate surface area is 81.2 Å². The molecule has 0 saturated carbocycles. The van der Waals surface area contributed by atoms with Crippen LogP contribution in [0.2, 0.25) is 0 Å². The van der Waals surface area contributed by atoms with Crippen LogP contribution in [0.3, 0.4) is 0 Å². The second-order valence-electron chi connectivity index (χ2n) is 4.80. The van der Waals surface area contributed by atoms with E-state index in [1.165, 1.54) is 19.4 Å². The normalized spacial score (nSPS) is 34.8. The smallest absolute Gasteiger partial charge is 0.166 e. The highest BCUT2D eigenvalue weighted by Crippen LogP contribution is 2.27. The molecule has 0 aliphatic carbocycles. The molecule has 0 amide bonds. The van der Waals surface area contributed by atoms with Crippen LogP contribution in [0.15, 0.2) is 0 Å². The van der Waals surface area contributed by atoms with Gasteiger partial charge in [0.05, 0.1) is 12.1 Å². The second kappa shape index (κ2) is 3.09. The van der Waals surface area contributed by atoms with Gasteiger partial charge >= 0.3 is 0 Å². The van der Waals surface area contributed by atoms with Crippen molar-refractivity contribution in [2.45, 2.75) is 51.7 Å². The van der Waals surface area contributed by atoms with Gasteiger partial charge in [0.15, 0.2) is 12.3 Å². The predicted octanol–water partition coefficient (Wildman–Crippen LogP) is 1.34. The third-order valence-electron chi connectivity index (χ3n) is 3.81. The summed E-state index contributed by atoms with van der Waals surface area (Å²) in [5, 5.41) is 0. The number of nitrogens with zero attached hydrogens (tertiary/aromatic N) is 2. The highest BCUT2D eigenvalue weighted by molar-refractivity contribution is 5.83. The van der Waals surface area contributed by atoms with Crippen LogP contribution in [0.1, 0.15) is 33.6 Å². The minimum Gasteiger partial charge on any atom is -0.285 e. The van der Waals surface area contributed by atoms with E-state index in [0.29, 0.717) is 6.04 Å². The maximum absolute atomic E-state index is 2.59. The average molecular weight is 181 g/mol. The summed E-state index contributed by atoms with van der Waals surface area (Å²) in [4.78, 5) is 2.56. The summed E-state index contributed by atoms with van der Waals surface area (Å²) in [7, 11) is 2.28. The van der Waals surface area contributed by atoms with E-state index in [1.54, 1.807) is 5.71 Å². The molecule has 0 aromatic carbocycles. The Kier molecular flexibility index (Phi) is 2.18. The van der Waals surface area contributed by atoms with Gasteiger partial charge in [0, 0.05) is 6.92 Å². The van der Waals surface area contributed by atoms with Crippen molar-refractivity contribution in [1.82, 2.24) is 4.90 Å². The lowest BCUT2D eigenvalue weighted by Gasteiger charge is -2.30. The molecule has 74 valence electrons. The lowest BCUT2D eigenvalue weighted by Crippen LogP contribution is -2.51. The lowest BCUT2D eigenvalue weighted by molar-refractivity contribution is -0.569. The van der Waals surface area contributed by atoms with E-state index < -0.39 is 0 Å². The van der Waals surface area contributed by atoms with E-state index in [0.717, 1.165) is 12.1 Å². The maximum Gasteiger partial charge on any atom is 0.166 e. The first-order chi connectivity index (χ1) is 6.11. The van der Waals surface area contributed by atoms with Crippen LogP contribution >= 0.6 is 0 Å². The van der Waals surface area contributed by atoms with Gasteiger partial charge in [-0.05, 0) is 33.7 Å². The van der Waals surface area contributed by atoms with Crippen molar-refractivity contribution in [3.05, 3.63) is 0 Å². The molecule has 2 aliphatic rings. The molecule has 2 rings (SSSR count). The molecule has 13 heavy (non-hydrogen) atoms. The number of likely N-dealkylation sites (N-methyl/N-ethyl adjacent to an activating group) is 1. The summed E-state index contributed by atoms with van der Waals surface area (Å²) in [6, 6.07) is 2.23. The highest BCUT2D eigenvalue weighted by Gasteiger charge is 2.42. The molecule has 0 unspecified atom stereocenters. The number of rotatable bonds is 1. The minimum absolute atomic E-state index is 0.678. The predicted molar refractivity (Wildman–Crippen MR) is 55.5 cm³/mol. The minimum atomic E-state index is 0.678. The molecule has 0 N–H and O–H groups in total. The van der Waals surface area contributed by atoms with Gasteiger partial charge in [0.2, 0.25) is 0 Å². The van der Waals surface area contributed by atoms with E-state index in [9.17, 15) is 0 Å². The molecule has 0 spiro atoms. The van der Waals surface area contributed by atoms with Gasteiger partial charge in [-0.3, -0.25) is 4.90 Å². The van der Waals surface area contributed by atoms with Gasteiger partial charge in [-0.2, -0.15) is 0 Å². The standard InChI is InChI=1S/C11H21N2/c1-8(2)13-7-10-5-6-11(9(13)3)12(10)4/h8,10-11H,5-7H2,1-4H3/q+1/t10-,11+/m0/s1. The van der Waals surface area contributed by atoms with Crippen LogP contribution in [0, 0.1) is 0 Å². The molecule has 2 atom stereocenters. The van der Waals surface area contributed by atoms with Crippen molar-refractivity contribution in [3.63, 3.8) is 0 Å². The first-order valence-corrected chi connectivity index (χ1v) is 5.43. The summed E-state index contributed by atoms with van der Waals surface area (Å²) in [5.41, 5.74) is 1.59. The third kappa shape index (κ3) is 1.32. The van der Waals surface area contributed by atoms with Crippen molar-refractivity contribution >= 4 is 5.71 Å². The van der Waals surface area contributed by atoms with Crippen molar-refractivity contribution in [1.29, 1.82) is 0 Å². The summed E-state index contributed by atoms with van der Waals surface area (Å²) in [6.45, 7) is 8.15. The van der Waals surface area contributed by atoms with Gasteiger partial charge < -0.3 is 0 Å². The molecule has 1 fully saturated rings. The molecular formula is C11H21N2+. The van der Waals surface area contributed by atoms with E-state index in [4.69, 9.17) is 0 Å². The Hall–Kier alpha value is -0.370. The van der Waals surface area contributed by atoms with Gasteiger partial charge in [-0.15, -0.1) is 0 Å². The van der Waals surface area contributed by atoms with Crippen LogP contribution in [0.25, 0.3) is 0 Å². The maximum atomic E-state index is 2.59. The molecule has 2 heterocycles. The summed E-state index contributed by atoms with van der Waals surface area (Å²) >= 11 is 0. The van der Waals surface area contributed by atoms with E-state index >= 15 is 0 Å². The first-order valence-electron chi connectivity index (χ1n) is 5.43. The second-order valence-corrected chi connectivity index (χ2v) is 4.80. The Morgan fingerprint density at radius 2 is 2.08 bits per heavy atom. The van der Waals surface area contributed by atoms with Crippen molar-refractivity contribution in [2.75, 3.05) is 13.6 Å². The molecule has 0 aromatic heterocycles. The number of fused-ring (bicyclic) bond motifs is 2. The monoisotopic (exact) mass is 181 g/mol. The lowest BCUT2D eigenvalue weighted by atomic mass is 10.1. The average Bonchev–Trinajstić information content (AvgIpc) is 2.29. The van der Waals surface area contributed by atoms with Gasteiger partial charge in [-0.1, -0.05) is 0 Å². The highest BCUT2D eigenvalue weighted by atomic mass is 15.3. The SMILES string of the molecule is CC1=[N+](C(C)C)C[C@@H]2CC[C@H]1N2C. The largest absolute Gasteiger partial charge is 0.285 e. The molecule has 0 radical (unpaired) electrons. The van der Waals surface area contributed by atoms with Crippen molar-refractivity contribution in [2.24, 2.45) is 0 Å². The summed E-state index contributed by atoms with van der Waals surface area (Å²) < 4.78 is 2.59. The Morgan fingerprint density at radius 3 is 2.69 bits per heavy atom. The Morgan fingerprint density at radius 1 is 1.38 bits per heavy atom. The molecule has 2 nitrogen and oxygen atoms in total. The quantitative estimate of drug-likeness (QED) is 0.553. The number of hydrogen-bond acceptors (Lipinski definition) is 1. The van der Waals surface area contributed by atoms with Gasteiger partial charge in [0.1, 0.15) is 6.04 Å².